The summed E-state index contributed by atoms with van der Waals surface area (Å²) in [4.78, 5) is 14.7. The highest BCUT2D eigenvalue weighted by Gasteiger charge is 2.29. The van der Waals surface area contributed by atoms with E-state index < -0.39 is 0 Å². The monoisotopic (exact) mass is 286 g/mol. The van der Waals surface area contributed by atoms with E-state index in [4.69, 9.17) is 0 Å². The van der Waals surface area contributed by atoms with Crippen molar-refractivity contribution in [3.63, 3.8) is 0 Å². The Morgan fingerprint density at radius 2 is 2.00 bits per heavy atom. The molecule has 0 spiro atoms. The molecule has 0 bridgehead atoms. The molecule has 1 aromatic rings. The van der Waals surface area contributed by atoms with Crippen LogP contribution in [0.5, 0.6) is 0 Å². The van der Waals surface area contributed by atoms with Gasteiger partial charge >= 0.3 is 0 Å². The third-order valence-corrected chi connectivity index (χ3v) is 4.88. The minimum Gasteiger partial charge on any atom is -0.336 e. The Labute approximate surface area is 127 Å². The van der Waals surface area contributed by atoms with Crippen LogP contribution in [0.3, 0.4) is 0 Å². The average molecular weight is 286 g/mol. The first-order chi connectivity index (χ1) is 10.3. The van der Waals surface area contributed by atoms with Crippen molar-refractivity contribution < 1.29 is 4.79 Å². The minimum atomic E-state index is 0.304. The van der Waals surface area contributed by atoms with Gasteiger partial charge in [0.1, 0.15) is 0 Å². The maximum absolute atomic E-state index is 12.6. The Balaban J connectivity index is 1.55. The van der Waals surface area contributed by atoms with Gasteiger partial charge in [-0.25, -0.2) is 0 Å². The second-order valence-electron chi connectivity index (χ2n) is 6.34. The molecule has 3 nitrogen and oxygen atoms in total. The van der Waals surface area contributed by atoms with E-state index in [1.54, 1.807) is 0 Å². The molecule has 2 aliphatic heterocycles. The Bertz CT molecular complexity index is 454. The lowest BCUT2D eigenvalue weighted by atomic mass is 9.99. The average Bonchev–Trinajstić information content (AvgIpc) is 3.04. The summed E-state index contributed by atoms with van der Waals surface area (Å²) < 4.78 is 0. The Morgan fingerprint density at radius 1 is 1.14 bits per heavy atom. The molecule has 2 heterocycles. The van der Waals surface area contributed by atoms with Gasteiger partial charge in [0.05, 0.1) is 6.04 Å². The predicted octanol–water partition coefficient (Wildman–Crippen LogP) is 3.27. The predicted molar refractivity (Wildman–Crippen MR) is 85.0 cm³/mol. The van der Waals surface area contributed by atoms with Gasteiger partial charge in [0.15, 0.2) is 0 Å². The van der Waals surface area contributed by atoms with Crippen LogP contribution in [0, 0.1) is 0 Å². The molecule has 1 aromatic carbocycles. The summed E-state index contributed by atoms with van der Waals surface area (Å²) in [5, 5.41) is 3.54. The summed E-state index contributed by atoms with van der Waals surface area (Å²) in [6.45, 7) is 2.05. The number of benzene rings is 1. The molecular weight excluding hydrogens is 260 g/mol. The first-order valence-electron chi connectivity index (χ1n) is 8.42. The highest BCUT2D eigenvalue weighted by Crippen LogP contribution is 2.32. The molecule has 1 N–H and O–H groups in total. The Morgan fingerprint density at radius 3 is 2.76 bits per heavy atom. The molecule has 2 fully saturated rings. The number of hydrogen-bond acceptors (Lipinski definition) is 2. The lowest BCUT2D eigenvalue weighted by Crippen LogP contribution is -2.36. The normalized spacial score (nSPS) is 26.0. The van der Waals surface area contributed by atoms with Crippen molar-refractivity contribution in [1.29, 1.82) is 0 Å². The second-order valence-corrected chi connectivity index (χ2v) is 6.34. The quantitative estimate of drug-likeness (QED) is 0.921. The van der Waals surface area contributed by atoms with Crippen molar-refractivity contribution in [3.05, 3.63) is 35.9 Å². The fraction of sp³-hybridized carbons (Fsp3) is 0.611. The van der Waals surface area contributed by atoms with Gasteiger partial charge in [-0.3, -0.25) is 4.79 Å². The molecule has 2 atom stereocenters. The van der Waals surface area contributed by atoms with Crippen molar-refractivity contribution in [2.75, 3.05) is 13.1 Å². The maximum Gasteiger partial charge on any atom is 0.223 e. The molecule has 1 amide bonds. The van der Waals surface area contributed by atoms with Gasteiger partial charge < -0.3 is 10.2 Å². The lowest BCUT2D eigenvalue weighted by molar-refractivity contribution is -0.132. The maximum atomic E-state index is 12.6. The van der Waals surface area contributed by atoms with E-state index in [9.17, 15) is 4.79 Å². The van der Waals surface area contributed by atoms with E-state index in [1.807, 2.05) is 6.07 Å². The van der Waals surface area contributed by atoms with E-state index in [0.29, 0.717) is 24.4 Å². The molecule has 0 aromatic heterocycles. The van der Waals surface area contributed by atoms with Crippen LogP contribution in [0.4, 0.5) is 0 Å². The summed E-state index contributed by atoms with van der Waals surface area (Å²) in [6.07, 6.45) is 7.76. The number of hydrogen-bond donors (Lipinski definition) is 1. The Kier molecular flexibility index (Phi) is 4.91. The van der Waals surface area contributed by atoms with E-state index in [0.717, 1.165) is 32.4 Å². The van der Waals surface area contributed by atoms with Crippen LogP contribution in [-0.4, -0.2) is 29.9 Å². The van der Waals surface area contributed by atoms with Crippen molar-refractivity contribution >= 4 is 5.91 Å². The molecule has 3 heteroatoms. The van der Waals surface area contributed by atoms with Crippen LogP contribution in [-0.2, 0) is 4.79 Å². The molecule has 3 rings (SSSR count). The Hall–Kier alpha value is -1.35. The summed E-state index contributed by atoms with van der Waals surface area (Å²) in [7, 11) is 0. The van der Waals surface area contributed by atoms with Gasteiger partial charge in [0, 0.05) is 19.0 Å². The molecule has 2 saturated heterocycles. The molecule has 0 saturated carbocycles. The van der Waals surface area contributed by atoms with Gasteiger partial charge in [-0.05, 0) is 44.2 Å². The highest BCUT2D eigenvalue weighted by molar-refractivity contribution is 5.77. The minimum absolute atomic E-state index is 0.304. The number of nitrogens with zero attached hydrogens (tertiary/aromatic N) is 1. The van der Waals surface area contributed by atoms with E-state index >= 15 is 0 Å². The van der Waals surface area contributed by atoms with Gasteiger partial charge in [-0.1, -0.05) is 36.8 Å². The smallest absolute Gasteiger partial charge is 0.223 e. The van der Waals surface area contributed by atoms with Gasteiger partial charge in [0.2, 0.25) is 5.91 Å². The summed E-state index contributed by atoms with van der Waals surface area (Å²) in [5.74, 6) is 0.341. The van der Waals surface area contributed by atoms with E-state index in [2.05, 4.69) is 34.5 Å². The molecule has 0 aliphatic carbocycles. The number of amides is 1. The third kappa shape index (κ3) is 3.65. The summed E-state index contributed by atoms with van der Waals surface area (Å²) in [6, 6.07) is 11.3. The lowest BCUT2D eigenvalue weighted by Gasteiger charge is -2.27. The third-order valence-electron chi connectivity index (χ3n) is 4.88. The highest BCUT2D eigenvalue weighted by atomic mass is 16.2. The van der Waals surface area contributed by atoms with Crippen molar-refractivity contribution in [3.8, 4) is 0 Å². The van der Waals surface area contributed by atoms with Crippen LogP contribution >= 0.6 is 0 Å². The molecule has 114 valence electrons. The van der Waals surface area contributed by atoms with Crippen LogP contribution < -0.4 is 5.32 Å². The first-order valence-corrected chi connectivity index (χ1v) is 8.42. The molecule has 2 aliphatic rings. The zero-order valence-corrected chi connectivity index (χ0v) is 12.8. The van der Waals surface area contributed by atoms with Crippen molar-refractivity contribution in [2.24, 2.45) is 0 Å². The number of likely N-dealkylation sites (tertiary alicyclic amines) is 1. The number of rotatable bonds is 4. The first kappa shape index (κ1) is 14.6. The number of nitrogens with one attached hydrogen (secondary N) is 1. The van der Waals surface area contributed by atoms with Crippen molar-refractivity contribution in [2.45, 2.75) is 57.0 Å². The van der Waals surface area contributed by atoms with Crippen LogP contribution in [0.25, 0.3) is 0 Å². The van der Waals surface area contributed by atoms with Gasteiger partial charge in [-0.2, -0.15) is 0 Å². The van der Waals surface area contributed by atoms with Crippen LogP contribution in [0.1, 0.15) is 56.6 Å². The number of carbonyl (C=O) groups is 1. The van der Waals surface area contributed by atoms with Gasteiger partial charge in [-0.15, -0.1) is 0 Å². The second kappa shape index (κ2) is 7.08. The molecule has 0 radical (unpaired) electrons. The fourth-order valence-corrected chi connectivity index (χ4v) is 3.70. The fourth-order valence-electron chi connectivity index (χ4n) is 3.70. The molecular formula is C18H26N2O. The zero-order chi connectivity index (χ0) is 14.5. The van der Waals surface area contributed by atoms with Gasteiger partial charge in [0.25, 0.3) is 0 Å². The summed E-state index contributed by atoms with van der Waals surface area (Å²) >= 11 is 0. The largest absolute Gasteiger partial charge is 0.336 e. The standard InChI is InChI=1S/C18H26N2O/c21-18(12-11-16-9-4-5-13-19-16)20-14-6-10-17(20)15-7-2-1-3-8-15/h1-3,7-8,16-17,19H,4-6,9-14H2. The summed E-state index contributed by atoms with van der Waals surface area (Å²) in [5.41, 5.74) is 1.29. The topological polar surface area (TPSA) is 32.3 Å². The molecule has 21 heavy (non-hydrogen) atoms. The molecule has 2 unspecified atom stereocenters. The van der Waals surface area contributed by atoms with E-state index in [-0.39, 0.29) is 0 Å². The number of carbonyl (C=O) groups excluding carboxylic acids is 1. The number of piperidine rings is 1. The van der Waals surface area contributed by atoms with Crippen molar-refractivity contribution in [1.82, 2.24) is 10.2 Å². The van der Waals surface area contributed by atoms with E-state index in [1.165, 1.54) is 24.8 Å². The van der Waals surface area contributed by atoms with Crippen LogP contribution in [0.15, 0.2) is 30.3 Å². The SMILES string of the molecule is O=C(CCC1CCCCN1)N1CCCC1c1ccccc1. The zero-order valence-electron chi connectivity index (χ0n) is 12.8. The van der Waals surface area contributed by atoms with Crippen LogP contribution in [0.2, 0.25) is 0 Å².